The van der Waals surface area contributed by atoms with Gasteiger partial charge in [-0.1, -0.05) is 35.5 Å². The summed E-state index contributed by atoms with van der Waals surface area (Å²) in [6.07, 6.45) is 4.20. The van der Waals surface area contributed by atoms with Gasteiger partial charge in [0.05, 0.1) is 12.8 Å². The zero-order valence-electron chi connectivity index (χ0n) is 14.9. The van der Waals surface area contributed by atoms with Crippen molar-refractivity contribution in [1.82, 2.24) is 0 Å². The fourth-order valence-electron chi connectivity index (χ4n) is 4.87. The number of nitrogens with zero attached hydrogens (tertiary/aromatic N) is 1. The van der Waals surface area contributed by atoms with E-state index >= 15 is 0 Å². The normalized spacial score (nSPS) is 28.4. The molecule has 5 rings (SSSR count). The van der Waals surface area contributed by atoms with Crippen LogP contribution < -0.4 is 9.47 Å². The van der Waals surface area contributed by atoms with Crippen molar-refractivity contribution in [3.63, 3.8) is 0 Å². The largest absolute Gasteiger partial charge is 0.493 e. The minimum Gasteiger partial charge on any atom is -0.493 e. The molecule has 2 aromatic rings. The van der Waals surface area contributed by atoms with E-state index in [0.29, 0.717) is 24.5 Å². The highest BCUT2D eigenvalue weighted by molar-refractivity contribution is 6.04. The van der Waals surface area contributed by atoms with Crippen LogP contribution >= 0.6 is 0 Å². The van der Waals surface area contributed by atoms with Crippen molar-refractivity contribution in [1.29, 1.82) is 0 Å². The number of benzene rings is 2. The van der Waals surface area contributed by atoms with Crippen molar-refractivity contribution in [2.24, 2.45) is 22.9 Å². The van der Waals surface area contributed by atoms with Gasteiger partial charge >= 0.3 is 0 Å². The van der Waals surface area contributed by atoms with Crippen LogP contribution in [0.1, 0.15) is 30.4 Å². The number of rotatable bonds is 5. The molecular formula is C22H23NO3. The van der Waals surface area contributed by atoms with Crippen molar-refractivity contribution in [3.05, 3.63) is 59.7 Å². The van der Waals surface area contributed by atoms with Gasteiger partial charge in [-0.15, -0.1) is 0 Å². The second-order valence-corrected chi connectivity index (χ2v) is 7.55. The highest BCUT2D eigenvalue weighted by Crippen LogP contribution is 2.53. The van der Waals surface area contributed by atoms with Gasteiger partial charge in [0.2, 0.25) is 0 Å². The molecule has 4 atom stereocenters. The first kappa shape index (κ1) is 15.7. The van der Waals surface area contributed by atoms with Gasteiger partial charge < -0.3 is 14.3 Å². The lowest BCUT2D eigenvalue weighted by molar-refractivity contribution is 0.0275. The average molecular weight is 349 g/mol. The van der Waals surface area contributed by atoms with Crippen LogP contribution in [0.25, 0.3) is 0 Å². The van der Waals surface area contributed by atoms with Crippen LogP contribution in [0.2, 0.25) is 0 Å². The topological polar surface area (TPSA) is 40.0 Å². The van der Waals surface area contributed by atoms with E-state index < -0.39 is 0 Å². The summed E-state index contributed by atoms with van der Waals surface area (Å²) >= 11 is 0. The second-order valence-electron chi connectivity index (χ2n) is 7.55. The Labute approximate surface area is 153 Å². The molecule has 0 aromatic heterocycles. The van der Waals surface area contributed by atoms with Crippen LogP contribution in [0.4, 0.5) is 0 Å². The van der Waals surface area contributed by atoms with Crippen LogP contribution in [-0.4, -0.2) is 18.9 Å². The monoisotopic (exact) mass is 349 g/mol. The molecule has 1 heterocycles. The van der Waals surface area contributed by atoms with Crippen LogP contribution in [0.5, 0.6) is 11.5 Å². The molecular weight excluding hydrogens is 326 g/mol. The molecule has 1 aliphatic heterocycles. The third kappa shape index (κ3) is 2.56. The third-order valence-corrected chi connectivity index (χ3v) is 6.13. The molecule has 0 saturated heterocycles. The Morgan fingerprint density at radius 3 is 2.73 bits per heavy atom. The van der Waals surface area contributed by atoms with Gasteiger partial charge in [0.1, 0.15) is 12.7 Å². The molecule has 2 aromatic carbocycles. The molecule has 2 aliphatic carbocycles. The molecule has 134 valence electrons. The molecule has 2 bridgehead atoms. The number of fused-ring (bicyclic) bond motifs is 5. The maximum Gasteiger partial charge on any atom is 0.161 e. The highest BCUT2D eigenvalue weighted by Gasteiger charge is 2.54. The second kappa shape index (κ2) is 6.35. The van der Waals surface area contributed by atoms with E-state index in [2.05, 4.69) is 23.4 Å². The van der Waals surface area contributed by atoms with Crippen molar-refractivity contribution >= 4 is 5.71 Å². The predicted octanol–water partition coefficient (Wildman–Crippen LogP) is 4.42. The van der Waals surface area contributed by atoms with E-state index in [0.717, 1.165) is 34.3 Å². The molecule has 0 unspecified atom stereocenters. The van der Waals surface area contributed by atoms with Gasteiger partial charge in [-0.25, -0.2) is 0 Å². The van der Waals surface area contributed by atoms with Crippen LogP contribution in [0.15, 0.2) is 53.7 Å². The molecule has 0 N–H and O–H groups in total. The van der Waals surface area contributed by atoms with Gasteiger partial charge in [-0.2, -0.15) is 0 Å². The predicted molar refractivity (Wildman–Crippen MR) is 99.5 cm³/mol. The van der Waals surface area contributed by atoms with Gasteiger partial charge in [-0.05, 0) is 54.9 Å². The van der Waals surface area contributed by atoms with E-state index in [1.807, 2.05) is 30.3 Å². The minimum atomic E-state index is 0.295. The molecule has 4 nitrogen and oxygen atoms in total. The Morgan fingerprint density at radius 1 is 1.04 bits per heavy atom. The highest BCUT2D eigenvalue weighted by atomic mass is 16.6. The maximum atomic E-state index is 5.97. The maximum absolute atomic E-state index is 5.97. The summed E-state index contributed by atoms with van der Waals surface area (Å²) in [6, 6.07) is 16.3. The quantitative estimate of drug-likeness (QED) is 0.802. The lowest BCUT2D eigenvalue weighted by Crippen LogP contribution is -2.29. The lowest BCUT2D eigenvalue weighted by Gasteiger charge is -2.23. The number of hydrogen-bond acceptors (Lipinski definition) is 4. The molecule has 2 fully saturated rings. The van der Waals surface area contributed by atoms with Gasteiger partial charge in [0, 0.05) is 11.5 Å². The summed E-state index contributed by atoms with van der Waals surface area (Å²) in [7, 11) is 1.68. The van der Waals surface area contributed by atoms with Gasteiger partial charge in [0.15, 0.2) is 11.5 Å². The van der Waals surface area contributed by atoms with E-state index in [4.69, 9.17) is 14.3 Å². The van der Waals surface area contributed by atoms with Crippen molar-refractivity contribution in [2.75, 3.05) is 7.11 Å². The summed E-state index contributed by atoms with van der Waals surface area (Å²) < 4.78 is 11.6. The van der Waals surface area contributed by atoms with E-state index in [1.54, 1.807) is 7.11 Å². The van der Waals surface area contributed by atoms with Crippen LogP contribution in [0, 0.1) is 17.8 Å². The first-order valence-corrected chi connectivity index (χ1v) is 9.42. The van der Waals surface area contributed by atoms with Crippen molar-refractivity contribution < 1.29 is 14.3 Å². The van der Waals surface area contributed by atoms with Crippen LogP contribution in [-0.2, 0) is 11.4 Å². The van der Waals surface area contributed by atoms with Gasteiger partial charge in [-0.3, -0.25) is 0 Å². The number of methoxy groups -OCH3 is 1. The standard InChI is InChI=1S/C22H23NO3/c1-24-19-12-16(9-10-18(19)25-13-14-5-3-2-4-6-14)21-20-15-7-8-17(11-15)22(20)26-23-21/h2-6,9-10,12,15,17,20,22H,7-8,11,13H2,1H3/t15-,17+,20-,22-/m0/s1. The Bertz CT molecular complexity index is 833. The van der Waals surface area contributed by atoms with Gasteiger partial charge in [0.25, 0.3) is 0 Å². The van der Waals surface area contributed by atoms with E-state index in [1.165, 1.54) is 19.3 Å². The zero-order valence-corrected chi connectivity index (χ0v) is 14.9. The first-order valence-electron chi connectivity index (χ1n) is 9.42. The fourth-order valence-corrected chi connectivity index (χ4v) is 4.87. The minimum absolute atomic E-state index is 0.295. The molecule has 2 saturated carbocycles. The molecule has 3 aliphatic rings. The Kier molecular flexibility index (Phi) is 3.84. The average Bonchev–Trinajstić information content (AvgIpc) is 3.40. The summed E-state index contributed by atoms with van der Waals surface area (Å²) in [5.74, 6) is 3.37. The van der Waals surface area contributed by atoms with Crippen LogP contribution in [0.3, 0.4) is 0 Å². The molecule has 0 amide bonds. The lowest BCUT2D eigenvalue weighted by atomic mass is 9.81. The number of ether oxygens (including phenoxy) is 2. The van der Waals surface area contributed by atoms with Crippen molar-refractivity contribution in [2.45, 2.75) is 32.0 Å². The molecule has 0 spiro atoms. The molecule has 26 heavy (non-hydrogen) atoms. The van der Waals surface area contributed by atoms with E-state index in [-0.39, 0.29) is 0 Å². The summed E-state index contributed by atoms with van der Waals surface area (Å²) in [6.45, 7) is 0.523. The van der Waals surface area contributed by atoms with Crippen molar-refractivity contribution in [3.8, 4) is 11.5 Å². The summed E-state index contributed by atoms with van der Waals surface area (Å²) in [4.78, 5) is 5.80. The third-order valence-electron chi connectivity index (χ3n) is 6.13. The Balaban J connectivity index is 1.36. The zero-order chi connectivity index (χ0) is 17.5. The molecule has 4 heteroatoms. The number of hydrogen-bond donors (Lipinski definition) is 0. The smallest absolute Gasteiger partial charge is 0.161 e. The van der Waals surface area contributed by atoms with E-state index in [9.17, 15) is 0 Å². The Hall–Kier alpha value is -2.49. The Morgan fingerprint density at radius 2 is 1.88 bits per heavy atom. The first-order chi connectivity index (χ1) is 12.8. The SMILES string of the molecule is COc1cc(C2=NO[C@H]3[C@@H]4CC[C@@H](C4)[C@@H]23)ccc1OCc1ccccc1. The summed E-state index contributed by atoms with van der Waals surface area (Å²) in [5, 5.41) is 4.45. The molecule has 0 radical (unpaired) electrons. The fraction of sp³-hybridized carbons (Fsp3) is 0.409. The number of oxime groups is 1. The summed E-state index contributed by atoms with van der Waals surface area (Å²) in [5.41, 5.74) is 3.32.